The molecule has 0 unspecified atom stereocenters. The van der Waals surface area contributed by atoms with E-state index in [1.165, 1.54) is 0 Å². The van der Waals surface area contributed by atoms with E-state index in [1.807, 2.05) is 12.1 Å². The van der Waals surface area contributed by atoms with Gasteiger partial charge < -0.3 is 15.2 Å². The number of fused-ring (bicyclic) bond motifs is 1. The molecule has 0 spiro atoms. The molecular weight excluding hydrogens is 366 g/mol. The molecule has 0 radical (unpaired) electrons. The highest BCUT2D eigenvalue weighted by Gasteiger charge is 2.27. The minimum absolute atomic E-state index is 0.115. The van der Waals surface area contributed by atoms with Gasteiger partial charge in [0.2, 0.25) is 5.91 Å². The summed E-state index contributed by atoms with van der Waals surface area (Å²) in [5, 5.41) is 22.5. The summed E-state index contributed by atoms with van der Waals surface area (Å²) in [7, 11) is 0. The van der Waals surface area contributed by atoms with Crippen LogP contribution in [0, 0.1) is 23.2 Å². The van der Waals surface area contributed by atoms with E-state index in [-0.39, 0.29) is 12.3 Å². The van der Waals surface area contributed by atoms with Crippen molar-refractivity contribution in [2.24, 2.45) is 4.99 Å². The van der Waals surface area contributed by atoms with Crippen LogP contribution >= 0.6 is 0 Å². The topological polar surface area (TPSA) is 94.7 Å². The van der Waals surface area contributed by atoms with Crippen LogP contribution in [0.1, 0.15) is 36.0 Å². The zero-order valence-electron chi connectivity index (χ0n) is 15.7. The summed E-state index contributed by atoms with van der Waals surface area (Å²) < 4.78 is 5.27. The summed E-state index contributed by atoms with van der Waals surface area (Å²) in [5.74, 6) is 5.77. The third-order valence-electron chi connectivity index (χ3n) is 4.94. The summed E-state index contributed by atoms with van der Waals surface area (Å²) in [6, 6.07) is 14.5. The highest BCUT2D eigenvalue weighted by Crippen LogP contribution is 2.30. The van der Waals surface area contributed by atoms with Crippen LogP contribution in [-0.2, 0) is 9.53 Å². The third-order valence-corrected chi connectivity index (χ3v) is 4.94. The van der Waals surface area contributed by atoms with Crippen LogP contribution < -0.4 is 5.32 Å². The first-order valence-electron chi connectivity index (χ1n) is 9.40. The maximum absolute atomic E-state index is 12.4. The van der Waals surface area contributed by atoms with Crippen molar-refractivity contribution >= 4 is 23.0 Å². The molecule has 29 heavy (non-hydrogen) atoms. The lowest BCUT2D eigenvalue weighted by Gasteiger charge is -2.26. The fraction of sp³-hybridized carbons (Fsp3) is 0.261. The summed E-state index contributed by atoms with van der Waals surface area (Å²) in [5.41, 5.74) is 2.73. The minimum atomic E-state index is -1.04. The number of benzene rings is 2. The lowest BCUT2D eigenvalue weighted by molar-refractivity contribution is -0.115. The van der Waals surface area contributed by atoms with Gasteiger partial charge in [-0.25, -0.2) is 0 Å². The molecule has 144 valence electrons. The Bertz CT molecular complexity index is 1100. The number of carbonyl (C=O) groups is 1. The largest absolute Gasteiger partial charge is 0.381 e. The molecule has 0 saturated carbocycles. The summed E-state index contributed by atoms with van der Waals surface area (Å²) in [4.78, 5) is 17.1. The van der Waals surface area contributed by atoms with E-state index in [1.54, 1.807) is 30.3 Å². The quantitative estimate of drug-likeness (QED) is 0.738. The molecule has 2 N–H and O–H groups in total. The molecule has 2 heterocycles. The normalized spacial score (nSPS) is 17.5. The number of hydrogen-bond acceptors (Lipinski definition) is 5. The first-order chi connectivity index (χ1) is 14.0. The Balaban J connectivity index is 1.66. The van der Waals surface area contributed by atoms with Gasteiger partial charge in [-0.1, -0.05) is 24.0 Å². The average molecular weight is 385 g/mol. The standard InChI is InChI=1S/C23H19N3O3/c24-15-17-2-1-3-18(12-17)20-14-22(27)26-21-13-16(4-5-19(21)25-20)6-7-23(28)8-10-29-11-9-23/h1-5,12-13,28H,8-11,14H2,(H,26,27). The van der Waals surface area contributed by atoms with Gasteiger partial charge in [-0.3, -0.25) is 9.79 Å². The molecule has 2 aliphatic rings. The summed E-state index contributed by atoms with van der Waals surface area (Å²) in [6.07, 6.45) is 1.08. The molecule has 0 aliphatic carbocycles. The number of rotatable bonds is 1. The van der Waals surface area contributed by atoms with E-state index in [2.05, 4.69) is 28.2 Å². The highest BCUT2D eigenvalue weighted by molar-refractivity contribution is 6.17. The first kappa shape index (κ1) is 18.9. The van der Waals surface area contributed by atoms with E-state index in [4.69, 9.17) is 10.00 Å². The van der Waals surface area contributed by atoms with Crippen molar-refractivity contribution in [3.05, 3.63) is 59.2 Å². The van der Waals surface area contributed by atoms with Crippen molar-refractivity contribution in [3.8, 4) is 17.9 Å². The summed E-state index contributed by atoms with van der Waals surface area (Å²) >= 11 is 0. The van der Waals surface area contributed by atoms with Crippen molar-refractivity contribution in [2.45, 2.75) is 24.9 Å². The van der Waals surface area contributed by atoms with Gasteiger partial charge in [0.15, 0.2) is 0 Å². The predicted molar refractivity (Wildman–Crippen MR) is 109 cm³/mol. The number of aliphatic imine (C=N–C) groups is 1. The fourth-order valence-corrected chi connectivity index (χ4v) is 3.30. The molecule has 1 amide bonds. The Labute approximate surface area is 168 Å². The van der Waals surface area contributed by atoms with Crippen LogP contribution in [-0.4, -0.2) is 35.5 Å². The lowest BCUT2D eigenvalue weighted by Crippen LogP contribution is -2.34. The number of nitrogens with one attached hydrogen (secondary N) is 1. The van der Waals surface area contributed by atoms with Gasteiger partial charge in [0, 0.05) is 18.4 Å². The number of nitriles is 1. The average Bonchev–Trinajstić information content (AvgIpc) is 2.90. The molecule has 0 bridgehead atoms. The third kappa shape index (κ3) is 4.35. The number of amides is 1. The molecule has 1 saturated heterocycles. The molecule has 1 fully saturated rings. The maximum atomic E-state index is 12.4. The second-order valence-corrected chi connectivity index (χ2v) is 7.10. The van der Waals surface area contributed by atoms with E-state index in [0.717, 1.165) is 5.56 Å². The Morgan fingerprint density at radius 3 is 2.76 bits per heavy atom. The van der Waals surface area contributed by atoms with E-state index in [9.17, 15) is 9.90 Å². The minimum Gasteiger partial charge on any atom is -0.381 e. The van der Waals surface area contributed by atoms with Gasteiger partial charge >= 0.3 is 0 Å². The van der Waals surface area contributed by atoms with Crippen LogP contribution in [0.25, 0.3) is 0 Å². The van der Waals surface area contributed by atoms with Crippen LogP contribution in [0.3, 0.4) is 0 Å². The van der Waals surface area contributed by atoms with E-state index >= 15 is 0 Å². The SMILES string of the molecule is N#Cc1cccc(C2=Nc3ccc(C#CC4(O)CCOCC4)cc3NC(=O)C2)c1. The molecule has 4 rings (SSSR count). The fourth-order valence-electron chi connectivity index (χ4n) is 3.30. The van der Waals surface area contributed by atoms with Crippen LogP contribution in [0.5, 0.6) is 0 Å². The monoisotopic (exact) mass is 385 g/mol. The summed E-state index contributed by atoms with van der Waals surface area (Å²) in [6.45, 7) is 0.992. The smallest absolute Gasteiger partial charge is 0.230 e. The number of aliphatic hydroxyl groups is 1. The predicted octanol–water partition coefficient (Wildman–Crippen LogP) is 2.91. The molecule has 0 aromatic heterocycles. The second-order valence-electron chi connectivity index (χ2n) is 7.10. The van der Waals surface area contributed by atoms with Gasteiger partial charge in [0.05, 0.1) is 48.4 Å². The Kier molecular flexibility index (Phi) is 5.14. The van der Waals surface area contributed by atoms with Crippen molar-refractivity contribution in [1.29, 1.82) is 5.26 Å². The number of nitrogens with zero attached hydrogens (tertiary/aromatic N) is 2. The molecule has 6 nitrogen and oxygen atoms in total. The van der Waals surface area contributed by atoms with Gasteiger partial charge in [0.25, 0.3) is 0 Å². The van der Waals surface area contributed by atoms with Gasteiger partial charge in [-0.15, -0.1) is 0 Å². The molecule has 6 heteroatoms. The second kappa shape index (κ2) is 7.89. The Morgan fingerprint density at radius 1 is 1.14 bits per heavy atom. The zero-order valence-corrected chi connectivity index (χ0v) is 15.7. The molecular formula is C23H19N3O3. The first-order valence-corrected chi connectivity index (χ1v) is 9.40. The Morgan fingerprint density at radius 2 is 1.97 bits per heavy atom. The van der Waals surface area contributed by atoms with E-state index < -0.39 is 5.60 Å². The van der Waals surface area contributed by atoms with Gasteiger partial charge in [-0.05, 0) is 35.9 Å². The number of hydrogen-bond donors (Lipinski definition) is 2. The van der Waals surface area contributed by atoms with Crippen LogP contribution in [0.15, 0.2) is 47.5 Å². The highest BCUT2D eigenvalue weighted by atomic mass is 16.5. The number of carbonyl (C=O) groups excluding carboxylic acids is 1. The van der Waals surface area contributed by atoms with Crippen molar-refractivity contribution in [2.75, 3.05) is 18.5 Å². The van der Waals surface area contributed by atoms with E-state index in [0.29, 0.717) is 54.3 Å². The number of anilines is 1. The van der Waals surface area contributed by atoms with Gasteiger partial charge in [-0.2, -0.15) is 5.26 Å². The molecule has 2 aromatic carbocycles. The maximum Gasteiger partial charge on any atom is 0.230 e. The molecule has 2 aromatic rings. The zero-order chi connectivity index (χ0) is 20.3. The van der Waals surface area contributed by atoms with Gasteiger partial charge in [0.1, 0.15) is 5.60 Å². The van der Waals surface area contributed by atoms with Crippen molar-refractivity contribution < 1.29 is 14.6 Å². The number of ether oxygens (including phenoxy) is 1. The Hall–Kier alpha value is -3.45. The van der Waals surface area contributed by atoms with Crippen molar-refractivity contribution in [3.63, 3.8) is 0 Å². The van der Waals surface area contributed by atoms with Crippen LogP contribution in [0.2, 0.25) is 0 Å². The molecule has 2 aliphatic heterocycles. The van der Waals surface area contributed by atoms with Crippen molar-refractivity contribution in [1.82, 2.24) is 0 Å². The lowest BCUT2D eigenvalue weighted by atomic mass is 9.95. The molecule has 0 atom stereocenters. The van der Waals surface area contributed by atoms with Crippen LogP contribution in [0.4, 0.5) is 11.4 Å².